The summed E-state index contributed by atoms with van der Waals surface area (Å²) in [6.45, 7) is 2.88. The van der Waals surface area contributed by atoms with Crippen LogP contribution in [0.3, 0.4) is 0 Å². The number of nitrogens with one attached hydrogen (secondary N) is 1. The van der Waals surface area contributed by atoms with Crippen molar-refractivity contribution in [2.45, 2.75) is 19.6 Å². The summed E-state index contributed by atoms with van der Waals surface area (Å²) in [5, 5.41) is 13.4. The minimum atomic E-state index is -0.666. The molecule has 0 aromatic heterocycles. The van der Waals surface area contributed by atoms with E-state index in [0.717, 1.165) is 5.56 Å². The van der Waals surface area contributed by atoms with Crippen LogP contribution in [0.1, 0.15) is 22.3 Å². The first kappa shape index (κ1) is 24.2. The van der Waals surface area contributed by atoms with Crippen LogP contribution < -0.4 is 10.1 Å². The van der Waals surface area contributed by atoms with Crippen LogP contribution in [0.2, 0.25) is 0 Å². The molecular weight excluding hydrogens is 421 g/mol. The second kappa shape index (κ2) is 11.9. The van der Waals surface area contributed by atoms with E-state index in [1.165, 1.54) is 13.2 Å². The third kappa shape index (κ3) is 7.27. The van der Waals surface area contributed by atoms with Crippen LogP contribution in [0, 0.1) is 12.7 Å². The number of halogens is 1. The molecule has 6 heteroatoms. The van der Waals surface area contributed by atoms with Gasteiger partial charge >= 0.3 is 5.97 Å². The maximum atomic E-state index is 13.6. The molecular formula is C27H28FNO4. The van der Waals surface area contributed by atoms with Gasteiger partial charge in [-0.2, -0.15) is 0 Å². The quantitative estimate of drug-likeness (QED) is 0.273. The number of benzene rings is 3. The number of carbonyl (C=O) groups is 1. The smallest absolute Gasteiger partial charge is 0.338 e. The summed E-state index contributed by atoms with van der Waals surface area (Å²) in [5.74, 6) is -0.223. The molecule has 3 aromatic carbocycles. The van der Waals surface area contributed by atoms with Gasteiger partial charge in [0, 0.05) is 13.1 Å². The fraction of sp³-hybridized carbons (Fsp3) is 0.222. The molecule has 5 nitrogen and oxygen atoms in total. The lowest BCUT2D eigenvalue weighted by Crippen LogP contribution is -2.31. The molecule has 2 N–H and O–H groups in total. The summed E-state index contributed by atoms with van der Waals surface area (Å²) in [4.78, 5) is 12.3. The van der Waals surface area contributed by atoms with Crippen molar-refractivity contribution in [2.24, 2.45) is 0 Å². The molecule has 0 aliphatic heterocycles. The molecule has 172 valence electrons. The fourth-order valence-corrected chi connectivity index (χ4v) is 3.26. The van der Waals surface area contributed by atoms with Crippen molar-refractivity contribution in [3.8, 4) is 5.75 Å². The highest BCUT2D eigenvalue weighted by Gasteiger charge is 2.14. The zero-order valence-corrected chi connectivity index (χ0v) is 18.8. The predicted molar refractivity (Wildman–Crippen MR) is 127 cm³/mol. The van der Waals surface area contributed by atoms with Crippen LogP contribution in [0.15, 0.2) is 72.8 Å². The monoisotopic (exact) mass is 449 g/mol. The van der Waals surface area contributed by atoms with Gasteiger partial charge in [-0.3, -0.25) is 0 Å². The lowest BCUT2D eigenvalue weighted by molar-refractivity contribution is -0.133. The summed E-state index contributed by atoms with van der Waals surface area (Å²) in [6, 6.07) is 21.5. The number of hydrogen-bond acceptors (Lipinski definition) is 5. The highest BCUT2D eigenvalue weighted by atomic mass is 19.1. The Morgan fingerprint density at radius 1 is 1.09 bits per heavy atom. The molecule has 33 heavy (non-hydrogen) atoms. The molecule has 0 bridgehead atoms. The van der Waals surface area contributed by atoms with Crippen molar-refractivity contribution in [1.82, 2.24) is 5.32 Å². The average molecular weight is 450 g/mol. The molecule has 0 spiro atoms. The molecule has 0 radical (unpaired) electrons. The third-order valence-corrected chi connectivity index (χ3v) is 5.06. The van der Waals surface area contributed by atoms with Gasteiger partial charge in [-0.05, 0) is 59.5 Å². The van der Waals surface area contributed by atoms with E-state index in [9.17, 15) is 14.3 Å². The molecule has 0 aliphatic rings. The summed E-state index contributed by atoms with van der Waals surface area (Å²) in [7, 11) is 1.32. The van der Waals surface area contributed by atoms with Crippen LogP contribution in [0.25, 0.3) is 11.6 Å². The lowest BCUT2D eigenvalue weighted by Gasteiger charge is -2.14. The number of rotatable bonds is 10. The van der Waals surface area contributed by atoms with Crippen LogP contribution in [0.5, 0.6) is 5.75 Å². The molecule has 0 fully saturated rings. The summed E-state index contributed by atoms with van der Waals surface area (Å²) < 4.78 is 24.1. The highest BCUT2D eigenvalue weighted by molar-refractivity contribution is 6.21. The van der Waals surface area contributed by atoms with Crippen LogP contribution in [-0.4, -0.2) is 37.4 Å². The Hall–Kier alpha value is -3.48. The van der Waals surface area contributed by atoms with E-state index in [0.29, 0.717) is 41.1 Å². The molecule has 0 saturated carbocycles. The van der Waals surface area contributed by atoms with Crippen LogP contribution >= 0.6 is 0 Å². The van der Waals surface area contributed by atoms with Gasteiger partial charge in [0.2, 0.25) is 0 Å². The molecule has 0 aliphatic carbocycles. The van der Waals surface area contributed by atoms with E-state index in [4.69, 9.17) is 9.47 Å². The third-order valence-electron chi connectivity index (χ3n) is 5.06. The maximum absolute atomic E-state index is 13.6. The first-order valence-electron chi connectivity index (χ1n) is 10.7. The molecule has 1 atom stereocenters. The number of aryl methyl sites for hydroxylation is 1. The summed E-state index contributed by atoms with van der Waals surface area (Å²) in [5.41, 5.74) is 3.32. The Morgan fingerprint density at radius 2 is 1.82 bits per heavy atom. The number of methoxy groups -OCH3 is 1. The maximum Gasteiger partial charge on any atom is 0.338 e. The molecule has 3 rings (SSSR count). The number of ether oxygens (including phenoxy) is 2. The molecule has 3 aromatic rings. The lowest BCUT2D eigenvalue weighted by atomic mass is 10.0. The van der Waals surface area contributed by atoms with Crippen molar-refractivity contribution < 1.29 is 23.8 Å². The minimum absolute atomic E-state index is 0.135. The second-order valence-electron chi connectivity index (χ2n) is 7.66. The van der Waals surface area contributed by atoms with Crippen molar-refractivity contribution in [1.29, 1.82) is 0 Å². The van der Waals surface area contributed by atoms with E-state index in [1.54, 1.807) is 49.4 Å². The first-order chi connectivity index (χ1) is 16.0. The van der Waals surface area contributed by atoms with Gasteiger partial charge in [0.25, 0.3) is 0 Å². The van der Waals surface area contributed by atoms with Gasteiger partial charge in [0.15, 0.2) is 0 Å². The summed E-state index contributed by atoms with van der Waals surface area (Å²) >= 11 is 0. The number of esters is 1. The Bertz CT molecular complexity index is 1080. The van der Waals surface area contributed by atoms with Gasteiger partial charge in [0.05, 0.1) is 12.7 Å². The number of carbonyl (C=O) groups excluding carboxylic acids is 1. The van der Waals surface area contributed by atoms with E-state index < -0.39 is 12.1 Å². The zero-order valence-electron chi connectivity index (χ0n) is 18.8. The van der Waals surface area contributed by atoms with E-state index in [2.05, 4.69) is 5.32 Å². The minimum Gasteiger partial charge on any atom is -0.491 e. The Labute approximate surface area is 193 Å². The van der Waals surface area contributed by atoms with E-state index in [-0.39, 0.29) is 12.4 Å². The van der Waals surface area contributed by atoms with Crippen molar-refractivity contribution in [3.05, 3.63) is 101 Å². The largest absolute Gasteiger partial charge is 0.491 e. The van der Waals surface area contributed by atoms with Crippen LogP contribution in [0.4, 0.5) is 4.39 Å². The predicted octanol–water partition coefficient (Wildman–Crippen LogP) is 4.38. The van der Waals surface area contributed by atoms with Crippen LogP contribution in [-0.2, 0) is 16.1 Å². The van der Waals surface area contributed by atoms with Gasteiger partial charge < -0.3 is 19.9 Å². The topological polar surface area (TPSA) is 67.8 Å². The normalized spacial score (nSPS) is 12.3. The Kier molecular flexibility index (Phi) is 8.75. The molecule has 0 saturated heterocycles. The van der Waals surface area contributed by atoms with Gasteiger partial charge in [-0.15, -0.1) is 0 Å². The second-order valence-corrected chi connectivity index (χ2v) is 7.66. The van der Waals surface area contributed by atoms with E-state index in [1.807, 2.05) is 30.3 Å². The first-order valence-corrected chi connectivity index (χ1v) is 10.7. The molecule has 0 heterocycles. The summed E-state index contributed by atoms with van der Waals surface area (Å²) in [6.07, 6.45) is 0.997. The standard InChI is InChI=1S/C27H28FNO4/c1-19-14-21(8-13-26(19)28)15-25(27(31)32-2)22-9-11-24(12-10-22)33-18-23(30)17-29-16-20-6-4-3-5-7-20/h3-15,23,29-30H,16-18H2,1-2H3. The van der Waals surface area contributed by atoms with Crippen molar-refractivity contribution >= 4 is 17.6 Å². The average Bonchev–Trinajstić information content (AvgIpc) is 2.84. The number of hydrogen-bond donors (Lipinski definition) is 2. The highest BCUT2D eigenvalue weighted by Crippen LogP contribution is 2.23. The number of aliphatic hydroxyl groups is 1. The van der Waals surface area contributed by atoms with Gasteiger partial charge in [-0.1, -0.05) is 48.5 Å². The van der Waals surface area contributed by atoms with Gasteiger partial charge in [0.1, 0.15) is 24.3 Å². The number of aliphatic hydroxyl groups excluding tert-OH is 1. The van der Waals surface area contributed by atoms with Crippen molar-refractivity contribution in [2.75, 3.05) is 20.3 Å². The fourth-order valence-electron chi connectivity index (χ4n) is 3.26. The van der Waals surface area contributed by atoms with Crippen molar-refractivity contribution in [3.63, 3.8) is 0 Å². The zero-order chi connectivity index (χ0) is 23.6. The van der Waals surface area contributed by atoms with E-state index >= 15 is 0 Å². The Balaban J connectivity index is 1.59. The molecule has 1 unspecified atom stereocenters. The molecule has 0 amide bonds. The van der Waals surface area contributed by atoms with Gasteiger partial charge in [-0.25, -0.2) is 9.18 Å². The SMILES string of the molecule is COC(=O)C(=Cc1ccc(F)c(C)c1)c1ccc(OCC(O)CNCc2ccccc2)cc1. The Morgan fingerprint density at radius 3 is 2.48 bits per heavy atom.